The van der Waals surface area contributed by atoms with Gasteiger partial charge in [-0.05, 0) is 18.9 Å². The minimum atomic E-state index is -0.0842. The molecule has 23 heavy (non-hydrogen) atoms. The maximum absolute atomic E-state index is 12.1. The molecule has 2 atom stereocenters. The van der Waals surface area contributed by atoms with Crippen molar-refractivity contribution in [3.8, 4) is 0 Å². The third-order valence-electron chi connectivity index (χ3n) is 4.06. The van der Waals surface area contributed by atoms with E-state index in [0.29, 0.717) is 11.6 Å². The highest BCUT2D eigenvalue weighted by atomic mass is 35.5. The number of amides is 1. The number of nitrogens with one attached hydrogen (secondary N) is 1. The van der Waals surface area contributed by atoms with Crippen LogP contribution in [0.3, 0.4) is 0 Å². The lowest BCUT2D eigenvalue weighted by Gasteiger charge is -2.31. The van der Waals surface area contributed by atoms with Crippen molar-refractivity contribution >= 4 is 17.5 Å². The van der Waals surface area contributed by atoms with Crippen molar-refractivity contribution in [3.63, 3.8) is 0 Å². The summed E-state index contributed by atoms with van der Waals surface area (Å²) in [6.07, 6.45) is 6.90. The van der Waals surface area contributed by atoms with Crippen LogP contribution in [0.4, 0.5) is 0 Å². The molecule has 1 amide bonds. The summed E-state index contributed by atoms with van der Waals surface area (Å²) in [6.45, 7) is 1.48. The SMILES string of the molecule is Cn1nccc1[C@@H]1OCCC[C@H]1CNC(=O)Cn1cc(Cl)cn1. The Balaban J connectivity index is 1.57. The van der Waals surface area contributed by atoms with E-state index in [1.165, 1.54) is 10.9 Å². The molecule has 1 N–H and O–H groups in total. The van der Waals surface area contributed by atoms with Gasteiger partial charge in [-0.25, -0.2) is 0 Å². The van der Waals surface area contributed by atoms with E-state index in [4.69, 9.17) is 16.3 Å². The second kappa shape index (κ2) is 7.14. The number of hydrogen-bond acceptors (Lipinski definition) is 4. The first-order chi connectivity index (χ1) is 11.1. The quantitative estimate of drug-likeness (QED) is 0.898. The molecule has 0 saturated carbocycles. The summed E-state index contributed by atoms with van der Waals surface area (Å²) >= 11 is 5.79. The largest absolute Gasteiger partial charge is 0.372 e. The fraction of sp³-hybridized carbons (Fsp3) is 0.533. The Bertz CT molecular complexity index is 668. The number of aromatic nitrogens is 4. The van der Waals surface area contributed by atoms with Crippen LogP contribution >= 0.6 is 11.6 Å². The van der Waals surface area contributed by atoms with Crippen LogP contribution < -0.4 is 5.32 Å². The number of carbonyl (C=O) groups excluding carboxylic acids is 1. The predicted octanol–water partition coefficient (Wildman–Crippen LogP) is 1.55. The molecule has 0 spiro atoms. The first kappa shape index (κ1) is 16.0. The number of aryl methyl sites for hydroxylation is 1. The molecule has 3 heterocycles. The summed E-state index contributed by atoms with van der Waals surface area (Å²) in [6, 6.07) is 1.97. The molecular formula is C15H20ClN5O2. The molecule has 0 radical (unpaired) electrons. The van der Waals surface area contributed by atoms with Crippen molar-refractivity contribution in [1.29, 1.82) is 0 Å². The van der Waals surface area contributed by atoms with Gasteiger partial charge in [-0.2, -0.15) is 10.2 Å². The van der Waals surface area contributed by atoms with Crippen LogP contribution in [0.5, 0.6) is 0 Å². The molecule has 7 nitrogen and oxygen atoms in total. The van der Waals surface area contributed by atoms with E-state index in [9.17, 15) is 4.79 Å². The molecule has 3 rings (SSSR count). The average molecular weight is 338 g/mol. The van der Waals surface area contributed by atoms with Gasteiger partial charge in [0.1, 0.15) is 12.6 Å². The molecular weight excluding hydrogens is 318 g/mol. The monoisotopic (exact) mass is 337 g/mol. The Kier molecular flexibility index (Phi) is 4.97. The molecule has 0 aliphatic carbocycles. The van der Waals surface area contributed by atoms with E-state index < -0.39 is 0 Å². The Hall–Kier alpha value is -1.86. The number of carbonyl (C=O) groups is 1. The molecule has 124 valence electrons. The van der Waals surface area contributed by atoms with Gasteiger partial charge in [-0.1, -0.05) is 11.6 Å². The summed E-state index contributed by atoms with van der Waals surface area (Å²) in [4.78, 5) is 12.1. The summed E-state index contributed by atoms with van der Waals surface area (Å²) in [5, 5.41) is 11.7. The van der Waals surface area contributed by atoms with Crippen LogP contribution in [0.15, 0.2) is 24.7 Å². The smallest absolute Gasteiger partial charge is 0.241 e. The number of ether oxygens (including phenoxy) is 1. The Morgan fingerprint density at radius 3 is 3.09 bits per heavy atom. The van der Waals surface area contributed by atoms with Gasteiger partial charge in [-0.3, -0.25) is 14.2 Å². The molecule has 0 bridgehead atoms. The Labute approximate surface area is 139 Å². The van der Waals surface area contributed by atoms with Crippen LogP contribution in [-0.2, 0) is 23.1 Å². The van der Waals surface area contributed by atoms with E-state index in [2.05, 4.69) is 15.5 Å². The number of nitrogens with zero attached hydrogens (tertiary/aromatic N) is 4. The fourth-order valence-corrected chi connectivity index (χ4v) is 3.07. The maximum atomic E-state index is 12.1. The topological polar surface area (TPSA) is 74.0 Å². The fourth-order valence-electron chi connectivity index (χ4n) is 2.92. The van der Waals surface area contributed by atoms with Gasteiger partial charge in [0.2, 0.25) is 5.91 Å². The maximum Gasteiger partial charge on any atom is 0.241 e. The molecule has 2 aromatic heterocycles. The standard InChI is InChI=1S/C15H20ClN5O2/c1-20-13(4-5-18-20)15-11(3-2-6-23-15)7-17-14(22)10-21-9-12(16)8-19-21/h4-5,8-9,11,15H,2-3,6-7,10H2,1H3,(H,17,22)/t11-,15+/m0/s1. The molecule has 1 aliphatic rings. The molecule has 1 saturated heterocycles. The summed E-state index contributed by atoms with van der Waals surface area (Å²) < 4.78 is 9.27. The van der Waals surface area contributed by atoms with Gasteiger partial charge < -0.3 is 10.1 Å². The van der Waals surface area contributed by atoms with Crippen molar-refractivity contribution in [3.05, 3.63) is 35.4 Å². The molecule has 1 fully saturated rings. The van der Waals surface area contributed by atoms with Gasteiger partial charge in [0, 0.05) is 38.5 Å². The van der Waals surface area contributed by atoms with E-state index in [1.807, 2.05) is 17.8 Å². The van der Waals surface area contributed by atoms with Crippen molar-refractivity contribution < 1.29 is 9.53 Å². The van der Waals surface area contributed by atoms with Crippen LogP contribution in [0.2, 0.25) is 5.02 Å². The van der Waals surface area contributed by atoms with Crippen LogP contribution in [-0.4, -0.2) is 38.6 Å². The molecule has 2 aromatic rings. The Morgan fingerprint density at radius 2 is 2.39 bits per heavy atom. The van der Waals surface area contributed by atoms with E-state index >= 15 is 0 Å². The van der Waals surface area contributed by atoms with Crippen molar-refractivity contribution in [1.82, 2.24) is 24.9 Å². The number of hydrogen-bond donors (Lipinski definition) is 1. The highest BCUT2D eigenvalue weighted by molar-refractivity contribution is 6.30. The third-order valence-corrected chi connectivity index (χ3v) is 4.26. The van der Waals surface area contributed by atoms with Gasteiger partial charge >= 0.3 is 0 Å². The zero-order valence-electron chi connectivity index (χ0n) is 13.0. The van der Waals surface area contributed by atoms with Crippen molar-refractivity contribution in [2.24, 2.45) is 13.0 Å². The molecule has 8 heteroatoms. The highest BCUT2D eigenvalue weighted by Gasteiger charge is 2.29. The minimum Gasteiger partial charge on any atom is -0.372 e. The second-order valence-electron chi connectivity index (χ2n) is 5.73. The zero-order valence-corrected chi connectivity index (χ0v) is 13.7. The summed E-state index contributed by atoms with van der Waals surface area (Å²) in [5.41, 5.74) is 1.04. The predicted molar refractivity (Wildman–Crippen MR) is 84.9 cm³/mol. The first-order valence-electron chi connectivity index (χ1n) is 7.67. The van der Waals surface area contributed by atoms with E-state index in [1.54, 1.807) is 12.4 Å². The van der Waals surface area contributed by atoms with E-state index in [0.717, 1.165) is 25.1 Å². The number of halogens is 1. The van der Waals surface area contributed by atoms with E-state index in [-0.39, 0.29) is 24.5 Å². The number of rotatable bonds is 5. The normalized spacial score (nSPS) is 21.3. The van der Waals surface area contributed by atoms with Crippen molar-refractivity contribution in [2.45, 2.75) is 25.5 Å². The van der Waals surface area contributed by atoms with Gasteiger partial charge in [-0.15, -0.1) is 0 Å². The molecule has 0 unspecified atom stereocenters. The molecule has 0 aromatic carbocycles. The van der Waals surface area contributed by atoms with Crippen LogP contribution in [0.1, 0.15) is 24.6 Å². The van der Waals surface area contributed by atoms with Gasteiger partial charge in [0.15, 0.2) is 0 Å². The summed E-state index contributed by atoms with van der Waals surface area (Å²) in [7, 11) is 1.91. The second-order valence-corrected chi connectivity index (χ2v) is 6.17. The molecule has 1 aliphatic heterocycles. The highest BCUT2D eigenvalue weighted by Crippen LogP contribution is 2.32. The zero-order chi connectivity index (χ0) is 16.2. The lowest BCUT2D eigenvalue weighted by molar-refractivity contribution is -0.122. The average Bonchev–Trinajstić information content (AvgIpc) is 3.14. The minimum absolute atomic E-state index is 0.0318. The van der Waals surface area contributed by atoms with Gasteiger partial charge in [0.05, 0.1) is 16.9 Å². The van der Waals surface area contributed by atoms with Crippen LogP contribution in [0, 0.1) is 5.92 Å². The lowest BCUT2D eigenvalue weighted by atomic mass is 9.92. The van der Waals surface area contributed by atoms with Crippen molar-refractivity contribution in [2.75, 3.05) is 13.2 Å². The third kappa shape index (κ3) is 3.92. The van der Waals surface area contributed by atoms with Gasteiger partial charge in [0.25, 0.3) is 0 Å². The Morgan fingerprint density at radius 1 is 1.52 bits per heavy atom. The first-order valence-corrected chi connectivity index (χ1v) is 8.05. The summed E-state index contributed by atoms with van der Waals surface area (Å²) in [5.74, 6) is 0.156. The van der Waals surface area contributed by atoms with Crippen LogP contribution in [0.25, 0.3) is 0 Å². The lowest BCUT2D eigenvalue weighted by Crippen LogP contribution is -2.37.